The van der Waals surface area contributed by atoms with E-state index in [1.54, 1.807) is 25.4 Å². The molecule has 3 rings (SSSR count). The fraction of sp³-hybridized carbons (Fsp3) is 0.0667. The maximum atomic E-state index is 13.7. The van der Waals surface area contributed by atoms with Crippen LogP contribution in [0.4, 0.5) is 10.2 Å². The number of nitrogens with two attached hydrogens (primary N) is 1. The van der Waals surface area contributed by atoms with Gasteiger partial charge in [0.25, 0.3) is 0 Å². The quantitative estimate of drug-likeness (QED) is 0.750. The van der Waals surface area contributed by atoms with Crippen LogP contribution in [-0.4, -0.2) is 15.2 Å². The lowest BCUT2D eigenvalue weighted by Gasteiger charge is -2.05. The van der Waals surface area contributed by atoms with Gasteiger partial charge in [0.1, 0.15) is 5.82 Å². The molecule has 0 atom stereocenters. The molecule has 2 heterocycles. The highest BCUT2D eigenvalue weighted by molar-refractivity contribution is 5.87. The summed E-state index contributed by atoms with van der Waals surface area (Å²) in [5.74, 6) is 0.113. The third kappa shape index (κ3) is 2.03. The molecule has 0 bridgehead atoms. The van der Waals surface area contributed by atoms with Crippen molar-refractivity contribution in [3.8, 4) is 22.4 Å². The fourth-order valence-corrected chi connectivity index (χ4v) is 2.12. The van der Waals surface area contributed by atoms with Gasteiger partial charge >= 0.3 is 0 Å². The average molecular weight is 268 g/mol. The molecule has 20 heavy (non-hydrogen) atoms. The summed E-state index contributed by atoms with van der Waals surface area (Å²) in [6, 6.07) is 8.76. The SMILES string of the molecule is Cc1ccc(-c2[nH]nc(N)c2-c2cccnc2)cc1F. The van der Waals surface area contributed by atoms with Gasteiger partial charge in [0.05, 0.1) is 11.3 Å². The van der Waals surface area contributed by atoms with E-state index >= 15 is 0 Å². The molecule has 0 aliphatic carbocycles. The molecule has 0 unspecified atom stereocenters. The minimum Gasteiger partial charge on any atom is -0.382 e. The molecule has 0 saturated heterocycles. The summed E-state index contributed by atoms with van der Waals surface area (Å²) in [6.45, 7) is 1.72. The maximum Gasteiger partial charge on any atom is 0.153 e. The highest BCUT2D eigenvalue weighted by atomic mass is 19.1. The van der Waals surface area contributed by atoms with Crippen molar-refractivity contribution in [2.75, 3.05) is 5.73 Å². The molecule has 3 N–H and O–H groups in total. The van der Waals surface area contributed by atoms with Crippen LogP contribution in [0.3, 0.4) is 0 Å². The second kappa shape index (κ2) is 4.77. The Kier molecular flexibility index (Phi) is 2.95. The number of aromatic amines is 1. The van der Waals surface area contributed by atoms with Gasteiger partial charge in [-0.05, 0) is 24.6 Å². The van der Waals surface area contributed by atoms with E-state index in [9.17, 15) is 4.39 Å². The number of nitrogens with one attached hydrogen (secondary N) is 1. The molecule has 0 amide bonds. The zero-order valence-electron chi connectivity index (χ0n) is 10.9. The molecule has 0 saturated carbocycles. The summed E-state index contributed by atoms with van der Waals surface area (Å²) < 4.78 is 13.7. The van der Waals surface area contributed by atoms with Crippen molar-refractivity contribution in [1.82, 2.24) is 15.2 Å². The number of hydrogen-bond acceptors (Lipinski definition) is 3. The molecule has 0 aliphatic heterocycles. The number of nitrogens with zero attached hydrogens (tertiary/aromatic N) is 2. The van der Waals surface area contributed by atoms with Crippen LogP contribution in [0.5, 0.6) is 0 Å². The standard InChI is InChI=1S/C15H13FN4/c1-9-4-5-10(7-12(9)16)14-13(15(17)20-19-14)11-3-2-6-18-8-11/h2-8H,1H3,(H3,17,19,20). The first-order valence-electron chi connectivity index (χ1n) is 6.17. The highest BCUT2D eigenvalue weighted by Crippen LogP contribution is 2.34. The van der Waals surface area contributed by atoms with Gasteiger partial charge in [-0.1, -0.05) is 18.2 Å². The molecular formula is C15H13FN4. The normalized spacial score (nSPS) is 10.7. The van der Waals surface area contributed by atoms with E-state index in [1.165, 1.54) is 6.07 Å². The van der Waals surface area contributed by atoms with Crippen LogP contribution in [0.1, 0.15) is 5.56 Å². The summed E-state index contributed by atoms with van der Waals surface area (Å²) >= 11 is 0. The molecule has 0 aliphatic rings. The summed E-state index contributed by atoms with van der Waals surface area (Å²) in [5.41, 5.74) is 9.49. The van der Waals surface area contributed by atoms with E-state index in [-0.39, 0.29) is 5.82 Å². The monoisotopic (exact) mass is 268 g/mol. The molecule has 100 valence electrons. The number of aryl methyl sites for hydroxylation is 1. The van der Waals surface area contributed by atoms with E-state index in [2.05, 4.69) is 15.2 Å². The fourth-order valence-electron chi connectivity index (χ4n) is 2.12. The minimum atomic E-state index is -0.257. The van der Waals surface area contributed by atoms with Crippen molar-refractivity contribution in [2.24, 2.45) is 0 Å². The van der Waals surface area contributed by atoms with Crippen LogP contribution >= 0.6 is 0 Å². The Balaban J connectivity index is 2.18. The van der Waals surface area contributed by atoms with Crippen LogP contribution in [0.15, 0.2) is 42.7 Å². The number of anilines is 1. The predicted octanol–water partition coefficient (Wildman–Crippen LogP) is 3.17. The molecule has 3 aromatic rings. The second-order valence-corrected chi connectivity index (χ2v) is 4.56. The number of rotatable bonds is 2. The van der Waals surface area contributed by atoms with E-state index < -0.39 is 0 Å². The lowest BCUT2D eigenvalue weighted by Crippen LogP contribution is -1.90. The number of halogens is 1. The predicted molar refractivity (Wildman–Crippen MR) is 76.4 cm³/mol. The lowest BCUT2D eigenvalue weighted by molar-refractivity contribution is 0.619. The molecular weight excluding hydrogens is 255 g/mol. The van der Waals surface area contributed by atoms with E-state index in [4.69, 9.17) is 5.73 Å². The van der Waals surface area contributed by atoms with E-state index in [1.807, 2.05) is 18.2 Å². The number of aromatic nitrogens is 3. The van der Waals surface area contributed by atoms with Crippen LogP contribution in [0, 0.1) is 12.7 Å². The Hall–Kier alpha value is -2.69. The third-order valence-corrected chi connectivity index (χ3v) is 3.21. The topological polar surface area (TPSA) is 67.6 Å². The average Bonchev–Trinajstić information content (AvgIpc) is 2.85. The smallest absolute Gasteiger partial charge is 0.153 e. The van der Waals surface area contributed by atoms with Crippen molar-refractivity contribution >= 4 is 5.82 Å². The first-order chi connectivity index (χ1) is 9.66. The van der Waals surface area contributed by atoms with Crippen molar-refractivity contribution < 1.29 is 4.39 Å². The minimum absolute atomic E-state index is 0.257. The number of benzene rings is 1. The third-order valence-electron chi connectivity index (χ3n) is 3.21. The van der Waals surface area contributed by atoms with Crippen molar-refractivity contribution in [1.29, 1.82) is 0 Å². The van der Waals surface area contributed by atoms with Crippen LogP contribution in [0.2, 0.25) is 0 Å². The largest absolute Gasteiger partial charge is 0.382 e. The molecule has 0 spiro atoms. The summed E-state index contributed by atoms with van der Waals surface area (Å²) in [4.78, 5) is 4.08. The number of hydrogen-bond donors (Lipinski definition) is 2. The lowest BCUT2D eigenvalue weighted by atomic mass is 10.0. The second-order valence-electron chi connectivity index (χ2n) is 4.56. The molecule has 1 aromatic carbocycles. The van der Waals surface area contributed by atoms with Crippen LogP contribution in [-0.2, 0) is 0 Å². The number of nitrogen functional groups attached to an aromatic ring is 1. The van der Waals surface area contributed by atoms with Crippen LogP contribution < -0.4 is 5.73 Å². The Morgan fingerprint density at radius 2 is 2.05 bits per heavy atom. The maximum absolute atomic E-state index is 13.7. The number of pyridine rings is 1. The van der Waals surface area contributed by atoms with Gasteiger partial charge in [-0.2, -0.15) is 5.10 Å². The Morgan fingerprint density at radius 1 is 1.20 bits per heavy atom. The van der Waals surface area contributed by atoms with Gasteiger partial charge in [-0.3, -0.25) is 10.1 Å². The summed E-state index contributed by atoms with van der Waals surface area (Å²) in [5, 5.41) is 6.89. The van der Waals surface area contributed by atoms with Crippen molar-refractivity contribution in [2.45, 2.75) is 6.92 Å². The first kappa shape index (κ1) is 12.3. The van der Waals surface area contributed by atoms with Crippen LogP contribution in [0.25, 0.3) is 22.4 Å². The highest BCUT2D eigenvalue weighted by Gasteiger charge is 2.15. The zero-order valence-corrected chi connectivity index (χ0v) is 10.9. The number of H-pyrrole nitrogens is 1. The van der Waals surface area contributed by atoms with Gasteiger partial charge in [0, 0.05) is 23.5 Å². The van der Waals surface area contributed by atoms with Gasteiger partial charge in [-0.25, -0.2) is 4.39 Å². The van der Waals surface area contributed by atoms with Gasteiger partial charge in [0.2, 0.25) is 0 Å². The van der Waals surface area contributed by atoms with E-state index in [0.29, 0.717) is 22.6 Å². The van der Waals surface area contributed by atoms with E-state index in [0.717, 1.165) is 11.1 Å². The Bertz CT molecular complexity index is 750. The molecule has 5 heteroatoms. The molecule has 0 radical (unpaired) electrons. The van der Waals surface area contributed by atoms with Gasteiger partial charge in [-0.15, -0.1) is 0 Å². The first-order valence-corrected chi connectivity index (χ1v) is 6.17. The Morgan fingerprint density at radius 3 is 2.75 bits per heavy atom. The van der Waals surface area contributed by atoms with Gasteiger partial charge in [0.15, 0.2) is 5.82 Å². The molecule has 2 aromatic heterocycles. The summed E-state index contributed by atoms with van der Waals surface area (Å²) in [7, 11) is 0. The van der Waals surface area contributed by atoms with Crippen molar-refractivity contribution in [3.05, 3.63) is 54.1 Å². The van der Waals surface area contributed by atoms with Gasteiger partial charge < -0.3 is 5.73 Å². The zero-order chi connectivity index (χ0) is 14.1. The molecule has 0 fully saturated rings. The van der Waals surface area contributed by atoms with Crippen molar-refractivity contribution in [3.63, 3.8) is 0 Å². The molecule has 4 nitrogen and oxygen atoms in total. The Labute approximate surface area is 115 Å². The summed E-state index contributed by atoms with van der Waals surface area (Å²) in [6.07, 6.45) is 3.39.